The fourth-order valence-electron chi connectivity index (χ4n) is 2.39. The van der Waals surface area contributed by atoms with Crippen LogP contribution in [0.4, 0.5) is 17.3 Å². The fourth-order valence-corrected chi connectivity index (χ4v) is 3.63. The lowest BCUT2D eigenvalue weighted by Gasteiger charge is -2.11. The van der Waals surface area contributed by atoms with E-state index in [2.05, 4.69) is 20.2 Å². The highest BCUT2D eigenvalue weighted by Gasteiger charge is 2.17. The second kappa shape index (κ2) is 7.40. The highest BCUT2D eigenvalue weighted by atomic mass is 32.2. The zero-order valence-corrected chi connectivity index (χ0v) is 15.1. The van der Waals surface area contributed by atoms with Gasteiger partial charge >= 0.3 is 0 Å². The number of rotatable bonds is 6. The third-order valence-electron chi connectivity index (χ3n) is 3.66. The van der Waals surface area contributed by atoms with Gasteiger partial charge in [0.15, 0.2) is 11.6 Å². The van der Waals surface area contributed by atoms with Crippen LogP contribution in [0.15, 0.2) is 65.6 Å². The smallest absolute Gasteiger partial charge is 0.263 e. The lowest BCUT2D eigenvalue weighted by molar-refractivity contribution is 0.417. The molecule has 0 bridgehead atoms. The van der Waals surface area contributed by atoms with E-state index in [-0.39, 0.29) is 10.7 Å². The van der Waals surface area contributed by atoms with Crippen LogP contribution < -0.4 is 14.8 Å². The predicted octanol–water partition coefficient (Wildman–Crippen LogP) is 3.34. The minimum absolute atomic E-state index is 0.138. The van der Waals surface area contributed by atoms with Gasteiger partial charge in [-0.2, -0.15) is 0 Å². The lowest BCUT2D eigenvalue weighted by Crippen LogP contribution is -2.15. The minimum Gasteiger partial charge on any atom is -0.495 e. The Morgan fingerprint density at radius 2 is 1.54 bits per heavy atom. The van der Waals surface area contributed by atoms with Crippen molar-refractivity contribution < 1.29 is 13.2 Å². The first-order valence-electron chi connectivity index (χ1n) is 7.82. The molecule has 0 saturated carbocycles. The van der Waals surface area contributed by atoms with E-state index in [1.165, 1.54) is 0 Å². The summed E-state index contributed by atoms with van der Waals surface area (Å²) < 4.78 is 32.6. The number of nitrogens with one attached hydrogen (secondary N) is 2. The van der Waals surface area contributed by atoms with Crippen LogP contribution in [0.3, 0.4) is 0 Å². The average molecular weight is 370 g/mol. The summed E-state index contributed by atoms with van der Waals surface area (Å²) in [6, 6.07) is 17.3. The van der Waals surface area contributed by atoms with Gasteiger partial charge < -0.3 is 10.1 Å². The molecule has 0 fully saturated rings. The SMILES string of the molecule is COc1ccccc1Nc1ccc(NS(=O)(=O)c2ccccc2C)nn1. The molecular weight excluding hydrogens is 352 g/mol. The van der Waals surface area contributed by atoms with Gasteiger partial charge in [-0.15, -0.1) is 10.2 Å². The number of ether oxygens (including phenoxy) is 1. The van der Waals surface area contributed by atoms with Crippen LogP contribution in [0.5, 0.6) is 5.75 Å². The Hall–Kier alpha value is -3.13. The van der Waals surface area contributed by atoms with Crippen LogP contribution in [0.25, 0.3) is 0 Å². The van der Waals surface area contributed by atoms with Gasteiger partial charge in [0.2, 0.25) is 0 Å². The molecule has 1 heterocycles. The van der Waals surface area contributed by atoms with Gasteiger partial charge in [0.05, 0.1) is 17.7 Å². The molecule has 0 amide bonds. The molecule has 0 aliphatic carbocycles. The molecule has 134 valence electrons. The van der Waals surface area contributed by atoms with Crippen LogP contribution in [0.2, 0.25) is 0 Å². The average Bonchev–Trinajstić information content (AvgIpc) is 2.64. The Bertz CT molecular complexity index is 1000. The number of aromatic nitrogens is 2. The van der Waals surface area contributed by atoms with Crippen molar-refractivity contribution in [1.29, 1.82) is 0 Å². The van der Waals surface area contributed by atoms with Gasteiger partial charge in [0.1, 0.15) is 5.75 Å². The van der Waals surface area contributed by atoms with E-state index in [9.17, 15) is 8.42 Å². The maximum Gasteiger partial charge on any atom is 0.263 e. The maximum absolute atomic E-state index is 12.5. The summed E-state index contributed by atoms with van der Waals surface area (Å²) in [5.74, 6) is 1.27. The monoisotopic (exact) mass is 370 g/mol. The van der Waals surface area contributed by atoms with Crippen molar-refractivity contribution in [2.24, 2.45) is 0 Å². The van der Waals surface area contributed by atoms with Gasteiger partial charge in [-0.3, -0.25) is 4.72 Å². The van der Waals surface area contributed by atoms with Gasteiger partial charge in [-0.25, -0.2) is 8.42 Å². The molecule has 26 heavy (non-hydrogen) atoms. The summed E-state index contributed by atoms with van der Waals surface area (Å²) in [5.41, 5.74) is 1.39. The molecule has 0 spiro atoms. The Morgan fingerprint density at radius 1 is 0.885 bits per heavy atom. The number of nitrogens with zero attached hydrogens (tertiary/aromatic N) is 2. The molecule has 0 aliphatic rings. The molecule has 0 radical (unpaired) electrons. The van der Waals surface area contributed by atoms with Crippen molar-refractivity contribution in [2.75, 3.05) is 17.1 Å². The number of hydrogen-bond acceptors (Lipinski definition) is 6. The van der Waals surface area contributed by atoms with E-state index >= 15 is 0 Å². The largest absolute Gasteiger partial charge is 0.495 e. The van der Waals surface area contributed by atoms with Crippen molar-refractivity contribution in [3.63, 3.8) is 0 Å². The van der Waals surface area contributed by atoms with E-state index < -0.39 is 10.0 Å². The highest BCUT2D eigenvalue weighted by molar-refractivity contribution is 7.92. The summed E-state index contributed by atoms with van der Waals surface area (Å²) in [6.07, 6.45) is 0. The molecule has 0 unspecified atom stereocenters. The zero-order valence-electron chi connectivity index (χ0n) is 14.3. The minimum atomic E-state index is -3.72. The standard InChI is InChI=1S/C18H18N4O3S/c1-13-7-3-6-10-16(13)26(23,24)22-18-12-11-17(20-21-18)19-14-8-4-5-9-15(14)25-2/h3-12H,1-2H3,(H,19,20)(H,21,22). The third kappa shape index (κ3) is 3.92. The number of sulfonamides is 1. The topological polar surface area (TPSA) is 93.2 Å². The molecule has 0 aliphatic heterocycles. The normalized spacial score (nSPS) is 11.0. The van der Waals surface area contributed by atoms with Gasteiger partial charge in [0.25, 0.3) is 10.0 Å². The highest BCUT2D eigenvalue weighted by Crippen LogP contribution is 2.26. The maximum atomic E-state index is 12.5. The Labute approximate surface area is 152 Å². The van der Waals surface area contributed by atoms with E-state index in [1.807, 2.05) is 24.3 Å². The first kappa shape index (κ1) is 17.7. The number of hydrogen-bond donors (Lipinski definition) is 2. The van der Waals surface area contributed by atoms with E-state index in [1.54, 1.807) is 50.4 Å². The Morgan fingerprint density at radius 3 is 2.23 bits per heavy atom. The quantitative estimate of drug-likeness (QED) is 0.691. The number of para-hydroxylation sites is 2. The molecule has 3 aromatic rings. The molecule has 8 heteroatoms. The number of benzene rings is 2. The van der Waals surface area contributed by atoms with Crippen LogP contribution in [0.1, 0.15) is 5.56 Å². The van der Waals surface area contributed by atoms with E-state index in [0.717, 1.165) is 5.69 Å². The molecule has 3 rings (SSSR count). The first-order chi connectivity index (χ1) is 12.5. The van der Waals surface area contributed by atoms with Crippen molar-refractivity contribution in [2.45, 2.75) is 11.8 Å². The summed E-state index contributed by atoms with van der Waals surface area (Å²) in [4.78, 5) is 0.207. The number of methoxy groups -OCH3 is 1. The van der Waals surface area contributed by atoms with Crippen LogP contribution in [-0.2, 0) is 10.0 Å². The van der Waals surface area contributed by atoms with Crippen LogP contribution in [0, 0.1) is 6.92 Å². The van der Waals surface area contributed by atoms with E-state index in [0.29, 0.717) is 17.1 Å². The van der Waals surface area contributed by atoms with Gasteiger partial charge in [-0.1, -0.05) is 30.3 Å². The molecule has 2 aromatic carbocycles. The summed E-state index contributed by atoms with van der Waals surface area (Å²) in [7, 11) is -2.14. The number of aryl methyl sites for hydroxylation is 1. The van der Waals surface area contributed by atoms with Gasteiger partial charge in [0, 0.05) is 0 Å². The molecular formula is C18H18N4O3S. The fraction of sp³-hybridized carbons (Fsp3) is 0.111. The molecule has 2 N–H and O–H groups in total. The van der Waals surface area contributed by atoms with Crippen molar-refractivity contribution in [1.82, 2.24) is 10.2 Å². The van der Waals surface area contributed by atoms with E-state index in [4.69, 9.17) is 4.74 Å². The summed E-state index contributed by atoms with van der Waals surface area (Å²) in [5, 5.41) is 11.0. The molecule has 1 aromatic heterocycles. The second-order valence-electron chi connectivity index (χ2n) is 5.50. The third-order valence-corrected chi connectivity index (χ3v) is 5.17. The van der Waals surface area contributed by atoms with Crippen molar-refractivity contribution in [3.05, 3.63) is 66.2 Å². The van der Waals surface area contributed by atoms with Crippen molar-refractivity contribution >= 4 is 27.3 Å². The lowest BCUT2D eigenvalue weighted by atomic mass is 10.2. The molecule has 7 nitrogen and oxygen atoms in total. The summed E-state index contributed by atoms with van der Waals surface area (Å²) in [6.45, 7) is 1.74. The second-order valence-corrected chi connectivity index (χ2v) is 7.15. The predicted molar refractivity (Wildman–Crippen MR) is 100 cm³/mol. The van der Waals surface area contributed by atoms with Crippen molar-refractivity contribution in [3.8, 4) is 5.75 Å². The number of anilines is 3. The first-order valence-corrected chi connectivity index (χ1v) is 9.30. The van der Waals surface area contributed by atoms with Crippen LogP contribution >= 0.6 is 0 Å². The molecule has 0 saturated heterocycles. The molecule has 0 atom stereocenters. The Kier molecular flexibility index (Phi) is 5.04. The Balaban J connectivity index is 1.77. The summed E-state index contributed by atoms with van der Waals surface area (Å²) >= 11 is 0. The van der Waals surface area contributed by atoms with Gasteiger partial charge in [-0.05, 0) is 42.8 Å². The van der Waals surface area contributed by atoms with Crippen LogP contribution in [-0.4, -0.2) is 25.7 Å². The zero-order chi connectivity index (χ0) is 18.6.